The van der Waals surface area contributed by atoms with Crippen LogP contribution < -0.4 is 5.32 Å². The summed E-state index contributed by atoms with van der Waals surface area (Å²) in [6, 6.07) is 0. The van der Waals surface area contributed by atoms with Crippen molar-refractivity contribution >= 4 is 12.3 Å². The highest BCUT2D eigenvalue weighted by atomic mass is 16.3. The van der Waals surface area contributed by atoms with Crippen LogP contribution in [0.4, 0.5) is 0 Å². The Hall–Kier alpha value is -1.10. The largest absolute Gasteiger partial charge is 0.391 e. The summed E-state index contributed by atoms with van der Waals surface area (Å²) >= 11 is 0. The fraction of sp³-hybridized carbons (Fsp3) is 0.833. The van der Waals surface area contributed by atoms with E-state index in [0.29, 0.717) is 19.4 Å². The second-order valence-corrected chi connectivity index (χ2v) is 5.43. The first kappa shape index (κ1) is 15.9. The van der Waals surface area contributed by atoms with Gasteiger partial charge in [-0.3, -0.25) is 9.59 Å². The molecule has 0 saturated carbocycles. The summed E-state index contributed by atoms with van der Waals surface area (Å²) < 4.78 is 0. The predicted octanol–water partition coefficient (Wildman–Crippen LogP) is 0.378. The molecule has 1 aliphatic rings. The van der Waals surface area contributed by atoms with Crippen molar-refractivity contribution in [2.75, 3.05) is 20.1 Å². The molecule has 0 aromatic heterocycles. The van der Waals surface area contributed by atoms with Gasteiger partial charge in [0.2, 0.25) is 12.3 Å². The molecule has 0 aromatic carbocycles. The van der Waals surface area contributed by atoms with Gasteiger partial charge in [0, 0.05) is 26.6 Å². The minimum absolute atomic E-state index is 0.0463. The van der Waals surface area contributed by atoms with Gasteiger partial charge in [-0.1, -0.05) is 20.8 Å². The molecular weight excluding hydrogens is 220 g/mol. The van der Waals surface area contributed by atoms with E-state index in [-0.39, 0.29) is 17.4 Å². The molecule has 1 fully saturated rings. The van der Waals surface area contributed by atoms with Crippen molar-refractivity contribution < 1.29 is 14.7 Å². The van der Waals surface area contributed by atoms with Crippen LogP contribution in [0.15, 0.2) is 0 Å². The van der Waals surface area contributed by atoms with Crippen molar-refractivity contribution in [2.45, 2.75) is 39.7 Å². The van der Waals surface area contributed by atoms with E-state index < -0.39 is 0 Å². The molecule has 2 N–H and O–H groups in total. The van der Waals surface area contributed by atoms with Crippen molar-refractivity contribution in [3.8, 4) is 0 Å². The predicted molar refractivity (Wildman–Crippen MR) is 66.4 cm³/mol. The molecule has 100 valence electrons. The second kappa shape index (κ2) is 7.27. The monoisotopic (exact) mass is 244 g/mol. The second-order valence-electron chi connectivity index (χ2n) is 5.43. The van der Waals surface area contributed by atoms with Gasteiger partial charge < -0.3 is 15.3 Å². The van der Waals surface area contributed by atoms with Gasteiger partial charge in [0.15, 0.2) is 0 Å². The molecule has 0 aromatic rings. The van der Waals surface area contributed by atoms with Crippen LogP contribution in [0.25, 0.3) is 0 Å². The van der Waals surface area contributed by atoms with Gasteiger partial charge in [0.1, 0.15) is 0 Å². The molecule has 1 heterocycles. The Balaban J connectivity index is 0.000000557. The Morgan fingerprint density at radius 3 is 2.35 bits per heavy atom. The van der Waals surface area contributed by atoms with E-state index in [0.717, 1.165) is 13.0 Å². The van der Waals surface area contributed by atoms with E-state index in [4.69, 9.17) is 4.79 Å². The smallest absolute Gasteiger partial charge is 0.223 e. The van der Waals surface area contributed by atoms with Crippen LogP contribution in [0.1, 0.15) is 33.6 Å². The highest BCUT2D eigenvalue weighted by molar-refractivity contribution is 5.77. The van der Waals surface area contributed by atoms with E-state index in [1.165, 1.54) is 0 Å². The number of likely N-dealkylation sites (tertiary alicyclic amines) is 1. The number of carbonyl (C=O) groups is 2. The maximum Gasteiger partial charge on any atom is 0.223 e. The zero-order chi connectivity index (χ0) is 13.5. The van der Waals surface area contributed by atoms with E-state index in [1.807, 2.05) is 0 Å². The van der Waals surface area contributed by atoms with Crippen molar-refractivity contribution in [3.63, 3.8) is 0 Å². The lowest BCUT2D eigenvalue weighted by Gasteiger charge is -2.22. The highest BCUT2D eigenvalue weighted by Crippen LogP contribution is 2.21. The van der Waals surface area contributed by atoms with Crippen molar-refractivity contribution in [3.05, 3.63) is 0 Å². The lowest BCUT2D eigenvalue weighted by atomic mass is 9.92. The Kier molecular flexibility index (Phi) is 6.80. The molecule has 1 saturated heterocycles. The van der Waals surface area contributed by atoms with E-state index in [2.05, 4.69) is 26.1 Å². The zero-order valence-electron chi connectivity index (χ0n) is 11.2. The van der Waals surface area contributed by atoms with E-state index in [1.54, 1.807) is 11.9 Å². The quantitative estimate of drug-likeness (QED) is 0.690. The van der Waals surface area contributed by atoms with Crippen LogP contribution in [0.2, 0.25) is 0 Å². The first-order chi connectivity index (χ1) is 7.80. The lowest BCUT2D eigenvalue weighted by molar-refractivity contribution is -0.132. The minimum Gasteiger partial charge on any atom is -0.391 e. The van der Waals surface area contributed by atoms with Crippen LogP contribution in [0, 0.1) is 5.41 Å². The number of rotatable bonds is 2. The van der Waals surface area contributed by atoms with Gasteiger partial charge in [-0.25, -0.2) is 0 Å². The Bertz CT molecular complexity index is 249. The Morgan fingerprint density at radius 2 is 2.06 bits per heavy atom. The number of aliphatic hydroxyl groups excluding tert-OH is 1. The SMILES string of the molecule is CC(C)(C)CC(=O)N1CCC(O)C1.CNC=O. The van der Waals surface area contributed by atoms with Gasteiger partial charge in [0.05, 0.1) is 6.10 Å². The summed E-state index contributed by atoms with van der Waals surface area (Å²) in [5.74, 6) is 0.170. The van der Waals surface area contributed by atoms with Crippen LogP contribution in [0.5, 0.6) is 0 Å². The van der Waals surface area contributed by atoms with Gasteiger partial charge in [-0.05, 0) is 11.8 Å². The summed E-state index contributed by atoms with van der Waals surface area (Å²) in [5, 5.41) is 11.5. The van der Waals surface area contributed by atoms with E-state index in [9.17, 15) is 9.90 Å². The Labute approximate surface area is 103 Å². The van der Waals surface area contributed by atoms with Gasteiger partial charge in [0.25, 0.3) is 0 Å². The zero-order valence-corrected chi connectivity index (χ0v) is 11.2. The molecule has 0 aliphatic carbocycles. The summed E-state index contributed by atoms with van der Waals surface area (Å²) in [5.41, 5.74) is 0.0463. The number of aliphatic hydroxyl groups is 1. The summed E-state index contributed by atoms with van der Waals surface area (Å²) in [4.78, 5) is 22.4. The fourth-order valence-electron chi connectivity index (χ4n) is 1.53. The number of β-amino-alcohol motifs (C(OH)–C–C–N with tert-alkyl or cyclic N) is 1. The first-order valence-electron chi connectivity index (χ1n) is 5.87. The van der Waals surface area contributed by atoms with Crippen molar-refractivity contribution in [1.82, 2.24) is 10.2 Å². The molecule has 17 heavy (non-hydrogen) atoms. The third-order valence-corrected chi connectivity index (χ3v) is 2.32. The van der Waals surface area contributed by atoms with Gasteiger partial charge in [-0.2, -0.15) is 0 Å². The molecule has 1 rings (SSSR count). The van der Waals surface area contributed by atoms with Crippen LogP contribution in [0.3, 0.4) is 0 Å². The number of hydrogen-bond acceptors (Lipinski definition) is 3. The molecule has 0 spiro atoms. The van der Waals surface area contributed by atoms with Crippen molar-refractivity contribution in [1.29, 1.82) is 0 Å². The first-order valence-corrected chi connectivity index (χ1v) is 5.87. The molecule has 1 unspecified atom stereocenters. The molecule has 0 bridgehead atoms. The number of nitrogens with zero attached hydrogens (tertiary/aromatic N) is 1. The fourth-order valence-corrected chi connectivity index (χ4v) is 1.53. The molecule has 5 heteroatoms. The summed E-state index contributed by atoms with van der Waals surface area (Å²) in [6.07, 6.45) is 1.62. The lowest BCUT2D eigenvalue weighted by Crippen LogP contribution is -2.32. The van der Waals surface area contributed by atoms with Crippen molar-refractivity contribution in [2.24, 2.45) is 5.41 Å². The molecule has 5 nitrogen and oxygen atoms in total. The third kappa shape index (κ3) is 7.74. The topological polar surface area (TPSA) is 69.6 Å². The standard InChI is InChI=1S/C10H19NO2.C2H5NO/c1-10(2,3)6-9(13)11-5-4-8(12)7-11;1-3-2-4/h8,12H,4-7H2,1-3H3;2H,1H3,(H,3,4). The van der Waals surface area contributed by atoms with Crippen LogP contribution in [-0.2, 0) is 9.59 Å². The maximum atomic E-state index is 11.6. The van der Waals surface area contributed by atoms with Gasteiger partial charge in [-0.15, -0.1) is 0 Å². The van der Waals surface area contributed by atoms with Crippen LogP contribution >= 0.6 is 0 Å². The van der Waals surface area contributed by atoms with Gasteiger partial charge >= 0.3 is 0 Å². The summed E-state index contributed by atoms with van der Waals surface area (Å²) in [7, 11) is 1.56. The number of hydrogen-bond donors (Lipinski definition) is 2. The van der Waals surface area contributed by atoms with E-state index >= 15 is 0 Å². The maximum absolute atomic E-state index is 11.6. The normalized spacial score (nSPS) is 19.4. The molecule has 0 radical (unpaired) electrons. The number of nitrogens with one attached hydrogen (secondary N) is 1. The third-order valence-electron chi connectivity index (χ3n) is 2.32. The highest BCUT2D eigenvalue weighted by Gasteiger charge is 2.27. The molecule has 1 aliphatic heterocycles. The van der Waals surface area contributed by atoms with Crippen LogP contribution in [-0.4, -0.2) is 48.6 Å². The number of amides is 2. The molecule has 2 amide bonds. The Morgan fingerprint density at radius 1 is 1.53 bits per heavy atom. The minimum atomic E-state index is -0.302. The molecular formula is C12H24N2O3. The molecule has 1 atom stereocenters. The average molecular weight is 244 g/mol. The number of carbonyl (C=O) groups excluding carboxylic acids is 2. The average Bonchev–Trinajstić information content (AvgIpc) is 2.63. The summed E-state index contributed by atoms with van der Waals surface area (Å²) in [6.45, 7) is 7.40.